The van der Waals surface area contributed by atoms with Crippen molar-refractivity contribution in [3.63, 3.8) is 0 Å². The summed E-state index contributed by atoms with van der Waals surface area (Å²) in [5, 5.41) is 2.76. The van der Waals surface area contributed by atoms with Crippen molar-refractivity contribution in [2.75, 3.05) is 27.4 Å². The number of hydrogen-bond acceptors (Lipinski definition) is 6. The molecule has 1 N–H and O–H groups in total. The third kappa shape index (κ3) is 4.80. The summed E-state index contributed by atoms with van der Waals surface area (Å²) in [6.45, 7) is 0.173. The van der Waals surface area contributed by atoms with Crippen LogP contribution in [0.1, 0.15) is 32.1 Å². The van der Waals surface area contributed by atoms with Crippen molar-refractivity contribution >= 4 is 23.2 Å². The highest BCUT2D eigenvalue weighted by Gasteiger charge is 2.19. The minimum Gasteiger partial charge on any atom is -0.493 e. The lowest BCUT2D eigenvalue weighted by Gasteiger charge is -2.10. The third-order valence-electron chi connectivity index (χ3n) is 4.47. The summed E-state index contributed by atoms with van der Waals surface area (Å²) in [4.78, 5) is 25.8. The van der Waals surface area contributed by atoms with E-state index in [0.717, 1.165) is 24.8 Å². The third-order valence-corrected chi connectivity index (χ3v) is 5.68. The normalized spacial score (nSPS) is 12.4. The maximum Gasteiger partial charge on any atom is 0.348 e. The number of methoxy groups -OCH3 is 2. The summed E-state index contributed by atoms with van der Waals surface area (Å²) >= 11 is 1.47. The van der Waals surface area contributed by atoms with Crippen LogP contribution in [0.25, 0.3) is 0 Å². The number of rotatable bonds is 8. The smallest absolute Gasteiger partial charge is 0.348 e. The maximum absolute atomic E-state index is 12.1. The predicted octanol–water partition coefficient (Wildman–Crippen LogP) is 2.77. The maximum atomic E-state index is 12.1. The second-order valence-electron chi connectivity index (χ2n) is 6.28. The molecule has 144 valence electrons. The number of benzene rings is 1. The fraction of sp³-hybridized carbons (Fsp3) is 0.400. The first-order valence-electron chi connectivity index (χ1n) is 8.87. The number of amides is 1. The summed E-state index contributed by atoms with van der Waals surface area (Å²) in [5.74, 6) is 0.576. The first-order chi connectivity index (χ1) is 13.1. The molecule has 1 amide bonds. The van der Waals surface area contributed by atoms with E-state index in [-0.39, 0.29) is 12.5 Å². The molecule has 0 spiro atoms. The molecule has 0 saturated heterocycles. The molecule has 0 unspecified atom stereocenters. The van der Waals surface area contributed by atoms with Gasteiger partial charge in [0.05, 0.1) is 14.2 Å². The van der Waals surface area contributed by atoms with Gasteiger partial charge in [-0.15, -0.1) is 11.3 Å². The average molecular weight is 389 g/mol. The van der Waals surface area contributed by atoms with Gasteiger partial charge in [-0.3, -0.25) is 4.79 Å². The van der Waals surface area contributed by atoms with Crippen LogP contribution in [-0.2, 0) is 28.8 Å². The number of ether oxygens (including phenoxy) is 3. The van der Waals surface area contributed by atoms with Gasteiger partial charge in [-0.05, 0) is 55.0 Å². The van der Waals surface area contributed by atoms with Crippen molar-refractivity contribution in [2.45, 2.75) is 25.7 Å². The Labute approximate surface area is 162 Å². The Bertz CT molecular complexity index is 808. The van der Waals surface area contributed by atoms with E-state index >= 15 is 0 Å². The predicted molar refractivity (Wildman–Crippen MR) is 103 cm³/mol. The van der Waals surface area contributed by atoms with E-state index in [2.05, 4.69) is 5.32 Å². The average Bonchev–Trinajstić information content (AvgIpc) is 3.28. The van der Waals surface area contributed by atoms with Crippen molar-refractivity contribution in [3.8, 4) is 11.5 Å². The topological polar surface area (TPSA) is 73.9 Å². The van der Waals surface area contributed by atoms with E-state index in [1.165, 1.54) is 21.8 Å². The van der Waals surface area contributed by atoms with E-state index in [1.807, 2.05) is 24.3 Å². The molecule has 2 aromatic rings. The Hall–Kier alpha value is -2.54. The zero-order chi connectivity index (χ0) is 19.2. The zero-order valence-corrected chi connectivity index (χ0v) is 16.3. The van der Waals surface area contributed by atoms with Gasteiger partial charge in [-0.1, -0.05) is 6.07 Å². The molecule has 1 heterocycles. The fourth-order valence-corrected chi connectivity index (χ4v) is 4.21. The molecular formula is C20H23NO5S. The van der Waals surface area contributed by atoms with Gasteiger partial charge in [0.2, 0.25) is 0 Å². The Morgan fingerprint density at radius 3 is 2.67 bits per heavy atom. The van der Waals surface area contributed by atoms with Gasteiger partial charge in [0.1, 0.15) is 4.88 Å². The molecule has 0 aliphatic heterocycles. The van der Waals surface area contributed by atoms with Gasteiger partial charge in [0.25, 0.3) is 5.91 Å². The second kappa shape index (κ2) is 8.90. The number of fused-ring (bicyclic) bond motifs is 1. The van der Waals surface area contributed by atoms with Crippen LogP contribution in [0.15, 0.2) is 24.3 Å². The van der Waals surface area contributed by atoms with Gasteiger partial charge in [0.15, 0.2) is 18.1 Å². The number of esters is 1. The van der Waals surface area contributed by atoms with Crippen molar-refractivity contribution in [3.05, 3.63) is 45.1 Å². The molecule has 1 aromatic heterocycles. The summed E-state index contributed by atoms with van der Waals surface area (Å²) < 4.78 is 15.6. The lowest BCUT2D eigenvalue weighted by molar-refractivity contribution is -0.124. The molecule has 6 nitrogen and oxygen atoms in total. The molecule has 0 fully saturated rings. The highest BCUT2D eigenvalue weighted by atomic mass is 32.1. The second-order valence-corrected chi connectivity index (χ2v) is 7.41. The molecular weight excluding hydrogens is 366 g/mol. The minimum absolute atomic E-state index is 0.271. The lowest BCUT2D eigenvalue weighted by Crippen LogP contribution is -2.30. The lowest BCUT2D eigenvalue weighted by atomic mass is 10.1. The first-order valence-corrected chi connectivity index (χ1v) is 9.68. The highest BCUT2D eigenvalue weighted by Crippen LogP contribution is 2.31. The quantitative estimate of drug-likeness (QED) is 0.703. The van der Waals surface area contributed by atoms with Gasteiger partial charge in [0, 0.05) is 11.4 Å². The molecule has 7 heteroatoms. The van der Waals surface area contributed by atoms with Crippen molar-refractivity contribution in [2.24, 2.45) is 0 Å². The van der Waals surface area contributed by atoms with Crippen LogP contribution in [-0.4, -0.2) is 39.2 Å². The van der Waals surface area contributed by atoms with E-state index < -0.39 is 5.97 Å². The van der Waals surface area contributed by atoms with Crippen LogP contribution in [0.4, 0.5) is 0 Å². The van der Waals surface area contributed by atoms with Gasteiger partial charge < -0.3 is 19.5 Å². The highest BCUT2D eigenvalue weighted by molar-refractivity contribution is 7.14. The van der Waals surface area contributed by atoms with Gasteiger partial charge in [-0.25, -0.2) is 4.79 Å². The van der Waals surface area contributed by atoms with E-state index in [0.29, 0.717) is 29.3 Å². The van der Waals surface area contributed by atoms with Crippen molar-refractivity contribution in [1.82, 2.24) is 5.32 Å². The molecule has 1 aliphatic carbocycles. The van der Waals surface area contributed by atoms with Crippen LogP contribution < -0.4 is 14.8 Å². The SMILES string of the molecule is COc1ccc(CCNC(=O)COC(=O)c2cc3c(s2)CCC3)cc1OC. The minimum atomic E-state index is -0.426. The van der Waals surface area contributed by atoms with Crippen LogP contribution >= 0.6 is 11.3 Å². The Morgan fingerprint density at radius 1 is 1.11 bits per heavy atom. The number of carbonyl (C=O) groups is 2. The molecule has 27 heavy (non-hydrogen) atoms. The molecule has 0 saturated carbocycles. The first kappa shape index (κ1) is 19.2. The fourth-order valence-electron chi connectivity index (χ4n) is 3.07. The summed E-state index contributed by atoms with van der Waals surface area (Å²) in [7, 11) is 3.17. The molecule has 1 aliphatic rings. The van der Waals surface area contributed by atoms with Crippen LogP contribution in [0.5, 0.6) is 11.5 Å². The summed E-state index contributed by atoms with van der Waals surface area (Å²) in [5.41, 5.74) is 2.25. The zero-order valence-electron chi connectivity index (χ0n) is 15.5. The number of hydrogen-bond donors (Lipinski definition) is 1. The molecule has 0 radical (unpaired) electrons. The van der Waals surface area contributed by atoms with Crippen LogP contribution in [0.2, 0.25) is 0 Å². The Morgan fingerprint density at radius 2 is 1.93 bits per heavy atom. The van der Waals surface area contributed by atoms with Crippen LogP contribution in [0.3, 0.4) is 0 Å². The van der Waals surface area contributed by atoms with Crippen molar-refractivity contribution < 1.29 is 23.8 Å². The van der Waals surface area contributed by atoms with Gasteiger partial charge in [-0.2, -0.15) is 0 Å². The summed E-state index contributed by atoms with van der Waals surface area (Å²) in [6, 6.07) is 7.52. The van der Waals surface area contributed by atoms with Gasteiger partial charge >= 0.3 is 5.97 Å². The largest absolute Gasteiger partial charge is 0.493 e. The number of aryl methyl sites for hydroxylation is 2. The number of nitrogens with one attached hydrogen (secondary N) is 1. The number of carbonyl (C=O) groups excluding carboxylic acids is 2. The van der Waals surface area contributed by atoms with E-state index in [9.17, 15) is 9.59 Å². The summed E-state index contributed by atoms with van der Waals surface area (Å²) in [6.07, 6.45) is 3.84. The van der Waals surface area contributed by atoms with E-state index in [4.69, 9.17) is 14.2 Å². The molecule has 3 rings (SSSR count). The van der Waals surface area contributed by atoms with E-state index in [1.54, 1.807) is 14.2 Å². The van der Waals surface area contributed by atoms with Crippen LogP contribution in [0, 0.1) is 0 Å². The standard InChI is InChI=1S/C20H23NO5S/c1-24-15-7-6-13(10-16(15)25-2)8-9-21-19(22)12-26-20(23)18-11-14-4-3-5-17(14)27-18/h6-7,10-11H,3-5,8-9,12H2,1-2H3,(H,21,22). The number of thiophene rings is 1. The van der Waals surface area contributed by atoms with Crippen molar-refractivity contribution in [1.29, 1.82) is 0 Å². The molecule has 0 atom stereocenters. The molecule has 1 aromatic carbocycles. The molecule has 0 bridgehead atoms. The monoisotopic (exact) mass is 389 g/mol. The Kier molecular flexibility index (Phi) is 6.34. The Balaban J connectivity index is 1.41.